The van der Waals surface area contributed by atoms with Crippen LogP contribution in [0, 0.1) is 0 Å². The van der Waals surface area contributed by atoms with Gasteiger partial charge < -0.3 is 10.2 Å². The first-order valence-electron chi connectivity index (χ1n) is 6.25. The molecule has 2 amide bonds. The van der Waals surface area contributed by atoms with Crippen molar-refractivity contribution < 1.29 is 4.79 Å². The summed E-state index contributed by atoms with van der Waals surface area (Å²) in [4.78, 5) is 13.2. The van der Waals surface area contributed by atoms with Gasteiger partial charge in [-0.25, -0.2) is 4.79 Å². The third kappa shape index (κ3) is 2.61. The average Bonchev–Trinajstić information content (AvgIpc) is 2.29. The fraction of sp³-hybridized carbons (Fsp3) is 0.500. The number of hydrogen-bond donors (Lipinski definition) is 1. The van der Waals surface area contributed by atoms with Gasteiger partial charge in [0.15, 0.2) is 0 Å². The van der Waals surface area contributed by atoms with E-state index in [4.69, 9.17) is 11.6 Å². The molecule has 1 saturated carbocycles. The van der Waals surface area contributed by atoms with E-state index in [9.17, 15) is 4.79 Å². The maximum atomic E-state index is 11.6. The van der Waals surface area contributed by atoms with Crippen LogP contribution in [-0.2, 0) is 5.41 Å². The second-order valence-electron chi connectivity index (χ2n) is 5.19. The monoisotopic (exact) mass is 266 g/mol. The SMILES string of the molecule is CN(C)C(=O)NCC1(c2ccc(Cl)cc2)CCC1. The van der Waals surface area contributed by atoms with Crippen molar-refractivity contribution in [3.05, 3.63) is 34.9 Å². The van der Waals surface area contributed by atoms with Crippen molar-refractivity contribution >= 4 is 17.6 Å². The second-order valence-corrected chi connectivity index (χ2v) is 5.63. The molecule has 0 saturated heterocycles. The summed E-state index contributed by atoms with van der Waals surface area (Å²) in [7, 11) is 3.51. The van der Waals surface area contributed by atoms with E-state index in [2.05, 4.69) is 17.4 Å². The van der Waals surface area contributed by atoms with Crippen LogP contribution in [0.25, 0.3) is 0 Å². The average molecular weight is 267 g/mol. The van der Waals surface area contributed by atoms with E-state index in [-0.39, 0.29) is 11.4 Å². The topological polar surface area (TPSA) is 32.3 Å². The standard InChI is InChI=1S/C14H19ClN2O/c1-17(2)13(18)16-10-14(8-3-9-14)11-4-6-12(15)7-5-11/h4-7H,3,8-10H2,1-2H3,(H,16,18). The van der Waals surface area contributed by atoms with Crippen molar-refractivity contribution in [2.45, 2.75) is 24.7 Å². The van der Waals surface area contributed by atoms with Gasteiger partial charge in [-0.1, -0.05) is 30.2 Å². The zero-order valence-corrected chi connectivity index (χ0v) is 11.6. The van der Waals surface area contributed by atoms with E-state index in [1.807, 2.05) is 12.1 Å². The normalized spacial score (nSPS) is 16.8. The molecule has 0 spiro atoms. The highest BCUT2D eigenvalue weighted by atomic mass is 35.5. The molecule has 0 aromatic heterocycles. The van der Waals surface area contributed by atoms with E-state index in [0.717, 1.165) is 17.9 Å². The number of halogens is 1. The summed E-state index contributed by atoms with van der Waals surface area (Å²) in [5.74, 6) is 0. The van der Waals surface area contributed by atoms with Crippen LogP contribution >= 0.6 is 11.6 Å². The van der Waals surface area contributed by atoms with E-state index in [0.29, 0.717) is 6.54 Å². The highest BCUT2D eigenvalue weighted by molar-refractivity contribution is 6.30. The van der Waals surface area contributed by atoms with Crippen molar-refractivity contribution in [1.82, 2.24) is 10.2 Å². The quantitative estimate of drug-likeness (QED) is 0.896. The Hall–Kier alpha value is -1.22. The zero-order valence-electron chi connectivity index (χ0n) is 10.9. The Bertz CT molecular complexity index is 424. The Balaban J connectivity index is 2.07. The predicted octanol–water partition coefficient (Wildman–Crippen LogP) is 3.03. The zero-order chi connectivity index (χ0) is 13.2. The first-order chi connectivity index (χ1) is 8.53. The van der Waals surface area contributed by atoms with Gasteiger partial charge in [0.1, 0.15) is 0 Å². The number of hydrogen-bond acceptors (Lipinski definition) is 1. The highest BCUT2D eigenvalue weighted by Crippen LogP contribution is 2.43. The number of rotatable bonds is 3. The molecule has 1 aromatic rings. The molecule has 0 aliphatic heterocycles. The van der Waals surface area contributed by atoms with Gasteiger partial charge in [0.25, 0.3) is 0 Å². The second kappa shape index (κ2) is 5.19. The molecule has 4 heteroatoms. The third-order valence-corrected chi connectivity index (χ3v) is 4.00. The van der Waals surface area contributed by atoms with Crippen LogP contribution in [0.4, 0.5) is 4.79 Å². The van der Waals surface area contributed by atoms with Crippen LogP contribution in [0.1, 0.15) is 24.8 Å². The number of urea groups is 1. The molecule has 3 nitrogen and oxygen atoms in total. The molecule has 0 radical (unpaired) electrons. The molecular weight excluding hydrogens is 248 g/mol. The molecular formula is C14H19ClN2O. The lowest BCUT2D eigenvalue weighted by Gasteiger charge is -2.42. The summed E-state index contributed by atoms with van der Waals surface area (Å²) in [5.41, 5.74) is 1.38. The Morgan fingerprint density at radius 1 is 1.33 bits per heavy atom. The molecule has 1 aromatic carbocycles. The number of amides is 2. The minimum atomic E-state index is -0.0322. The molecule has 18 heavy (non-hydrogen) atoms. The summed E-state index contributed by atoms with van der Waals surface area (Å²) in [6.07, 6.45) is 3.48. The molecule has 1 aliphatic rings. The van der Waals surface area contributed by atoms with Crippen molar-refractivity contribution in [2.24, 2.45) is 0 Å². The lowest BCUT2D eigenvalue weighted by molar-refractivity contribution is 0.198. The molecule has 1 aliphatic carbocycles. The van der Waals surface area contributed by atoms with E-state index in [1.165, 1.54) is 12.0 Å². The first kappa shape index (κ1) is 13.2. The summed E-state index contributed by atoms with van der Waals surface area (Å²) in [5, 5.41) is 3.75. The molecule has 0 heterocycles. The largest absolute Gasteiger partial charge is 0.337 e. The minimum absolute atomic E-state index is 0.0322. The minimum Gasteiger partial charge on any atom is -0.337 e. The summed E-state index contributed by atoms with van der Waals surface area (Å²) >= 11 is 5.92. The Labute approximate surface area is 113 Å². The molecule has 98 valence electrons. The summed E-state index contributed by atoms with van der Waals surface area (Å²) in [6.45, 7) is 0.700. The summed E-state index contributed by atoms with van der Waals surface area (Å²) < 4.78 is 0. The van der Waals surface area contributed by atoms with Gasteiger partial charge >= 0.3 is 6.03 Å². The van der Waals surface area contributed by atoms with Crippen LogP contribution in [0.15, 0.2) is 24.3 Å². The molecule has 1 N–H and O–H groups in total. The maximum Gasteiger partial charge on any atom is 0.316 e. The van der Waals surface area contributed by atoms with Crippen LogP contribution in [0.5, 0.6) is 0 Å². The van der Waals surface area contributed by atoms with Crippen molar-refractivity contribution in [1.29, 1.82) is 0 Å². The number of nitrogens with zero attached hydrogens (tertiary/aromatic N) is 1. The van der Waals surface area contributed by atoms with Crippen molar-refractivity contribution in [2.75, 3.05) is 20.6 Å². The van der Waals surface area contributed by atoms with Gasteiger partial charge in [-0.15, -0.1) is 0 Å². The Morgan fingerprint density at radius 3 is 2.39 bits per heavy atom. The van der Waals surface area contributed by atoms with Gasteiger partial charge in [-0.2, -0.15) is 0 Å². The molecule has 2 rings (SSSR count). The van der Waals surface area contributed by atoms with Crippen LogP contribution in [-0.4, -0.2) is 31.6 Å². The lowest BCUT2D eigenvalue weighted by atomic mass is 9.64. The third-order valence-electron chi connectivity index (χ3n) is 3.75. The van der Waals surface area contributed by atoms with Gasteiger partial charge in [-0.3, -0.25) is 0 Å². The highest BCUT2D eigenvalue weighted by Gasteiger charge is 2.38. The number of carbonyl (C=O) groups excluding carboxylic acids is 1. The van der Waals surface area contributed by atoms with Gasteiger partial charge in [-0.05, 0) is 30.5 Å². The molecule has 0 atom stereocenters. The number of benzene rings is 1. The number of nitrogens with one attached hydrogen (secondary N) is 1. The van der Waals surface area contributed by atoms with Gasteiger partial charge in [0.2, 0.25) is 0 Å². The van der Waals surface area contributed by atoms with Gasteiger partial charge in [0, 0.05) is 31.1 Å². The van der Waals surface area contributed by atoms with Crippen molar-refractivity contribution in [3.8, 4) is 0 Å². The van der Waals surface area contributed by atoms with Crippen LogP contribution < -0.4 is 5.32 Å². The molecule has 1 fully saturated rings. The Morgan fingerprint density at radius 2 is 1.94 bits per heavy atom. The van der Waals surface area contributed by atoms with E-state index < -0.39 is 0 Å². The molecule has 0 unspecified atom stereocenters. The maximum absolute atomic E-state index is 11.6. The predicted molar refractivity (Wildman–Crippen MR) is 74.1 cm³/mol. The molecule has 0 bridgehead atoms. The smallest absolute Gasteiger partial charge is 0.316 e. The van der Waals surface area contributed by atoms with Crippen LogP contribution in [0.2, 0.25) is 5.02 Å². The van der Waals surface area contributed by atoms with Crippen LogP contribution in [0.3, 0.4) is 0 Å². The lowest BCUT2D eigenvalue weighted by Crippen LogP contribution is -2.47. The first-order valence-corrected chi connectivity index (χ1v) is 6.62. The van der Waals surface area contributed by atoms with Gasteiger partial charge in [0.05, 0.1) is 0 Å². The van der Waals surface area contributed by atoms with E-state index >= 15 is 0 Å². The fourth-order valence-corrected chi connectivity index (χ4v) is 2.50. The van der Waals surface area contributed by atoms with E-state index in [1.54, 1.807) is 19.0 Å². The number of carbonyl (C=O) groups is 1. The fourth-order valence-electron chi connectivity index (χ4n) is 2.38. The Kier molecular flexibility index (Phi) is 3.81. The summed E-state index contributed by atoms with van der Waals surface area (Å²) in [6, 6.07) is 7.96. The van der Waals surface area contributed by atoms with Crippen molar-refractivity contribution in [3.63, 3.8) is 0 Å².